The third kappa shape index (κ3) is 9.19. The minimum Gasteiger partial charge on any atom is -0.469 e. The van der Waals surface area contributed by atoms with Crippen molar-refractivity contribution in [2.45, 2.75) is 92.1 Å². The van der Waals surface area contributed by atoms with Gasteiger partial charge in [0.25, 0.3) is 5.91 Å². The Labute approximate surface area is 396 Å². The molecule has 3 aromatic carbocycles. The molecule has 1 unspecified atom stereocenters. The molecule has 0 spiro atoms. The summed E-state index contributed by atoms with van der Waals surface area (Å²) in [4.78, 5) is 67.5. The molecule has 66 heavy (non-hydrogen) atoms. The van der Waals surface area contributed by atoms with Gasteiger partial charge in [-0.1, -0.05) is 87.0 Å². The number of thiophene rings is 1. The number of aliphatic hydroxyl groups excluding tert-OH is 1. The Morgan fingerprint density at radius 3 is 2.27 bits per heavy atom. The van der Waals surface area contributed by atoms with Crippen molar-refractivity contribution >= 4 is 63.7 Å². The third-order valence-corrected chi connectivity index (χ3v) is 14.7. The zero-order valence-electron chi connectivity index (χ0n) is 37.9. The fourth-order valence-electron chi connectivity index (χ4n) is 8.45. The molecule has 0 saturated carbocycles. The lowest BCUT2D eigenvalue weighted by Gasteiger charge is -2.35. The molecule has 2 aliphatic rings. The van der Waals surface area contributed by atoms with Gasteiger partial charge in [-0.05, 0) is 73.1 Å². The second kappa shape index (κ2) is 18.7. The average Bonchev–Trinajstić information content (AvgIpc) is 4.06. The number of amides is 3. The fraction of sp³-hybridized carbons (Fsp3) is 0.347. The van der Waals surface area contributed by atoms with Crippen LogP contribution in [0.4, 0.5) is 0 Å². The number of nitrogens with one attached hydrogen (secondary N) is 2. The first-order chi connectivity index (χ1) is 31.4. The summed E-state index contributed by atoms with van der Waals surface area (Å²) in [6, 6.07) is 18.2. The number of nitrogens with zero attached hydrogens (tertiary/aromatic N) is 6. The van der Waals surface area contributed by atoms with E-state index in [0.717, 1.165) is 65.1 Å². The molecule has 3 N–H and O–H groups in total. The number of likely N-dealkylation sites (tertiary alicyclic amines) is 1. The molecule has 0 aliphatic carbocycles. The normalized spacial score (nSPS) is 17.3. The van der Waals surface area contributed by atoms with E-state index in [0.29, 0.717) is 11.6 Å². The van der Waals surface area contributed by atoms with E-state index in [2.05, 4.69) is 39.7 Å². The molecule has 3 amide bonds. The molecular weight excluding hydrogens is 896 g/mol. The lowest BCUT2D eigenvalue weighted by atomic mass is 9.85. The number of aryl methyl sites for hydroxylation is 3. The third-order valence-electron chi connectivity index (χ3n) is 12.2. The van der Waals surface area contributed by atoms with Crippen LogP contribution in [0.2, 0.25) is 5.02 Å². The second-order valence-corrected chi connectivity index (χ2v) is 20.3. The van der Waals surface area contributed by atoms with Crippen molar-refractivity contribution in [1.29, 1.82) is 0 Å². The summed E-state index contributed by atoms with van der Waals surface area (Å²) >= 11 is 10.0. The van der Waals surface area contributed by atoms with Gasteiger partial charge in [-0.25, -0.2) is 4.98 Å². The van der Waals surface area contributed by atoms with Crippen molar-refractivity contribution in [2.75, 3.05) is 13.7 Å². The zero-order valence-corrected chi connectivity index (χ0v) is 40.3. The van der Waals surface area contributed by atoms with Crippen LogP contribution in [0.5, 0.6) is 0 Å². The SMILES string of the molecule is COC(=O)C[C@@H]1N=C(c2ccc(-c3ccc(C(=O)NC(C(=O)N4C[C@H](O)C[C@H]4C(=O)NCc4ccc(-c5scnc5C)cc4)C(C)(C)C)c(Cl)c3)cc2)c2c(sc(C)c2C)-n2c(C)nnc21. The van der Waals surface area contributed by atoms with E-state index >= 15 is 0 Å². The summed E-state index contributed by atoms with van der Waals surface area (Å²) in [5.41, 5.74) is 9.28. The van der Waals surface area contributed by atoms with Crippen molar-refractivity contribution in [3.63, 3.8) is 0 Å². The van der Waals surface area contributed by atoms with Gasteiger partial charge in [-0.2, -0.15) is 0 Å². The van der Waals surface area contributed by atoms with Crippen LogP contribution in [0.25, 0.3) is 26.6 Å². The number of β-amino-alcohol motifs (C(OH)–C–C–N with tert-alkyl or cyclic N) is 1. The Kier molecular flexibility index (Phi) is 13.1. The lowest BCUT2D eigenvalue weighted by molar-refractivity contribution is -0.142. The number of halogens is 1. The number of carbonyl (C=O) groups excluding carboxylic acids is 4. The van der Waals surface area contributed by atoms with E-state index in [4.69, 9.17) is 21.3 Å². The largest absolute Gasteiger partial charge is 0.469 e. The van der Waals surface area contributed by atoms with E-state index in [1.165, 1.54) is 12.0 Å². The highest BCUT2D eigenvalue weighted by Crippen LogP contribution is 2.40. The van der Waals surface area contributed by atoms with Crippen molar-refractivity contribution in [1.82, 2.24) is 35.3 Å². The smallest absolute Gasteiger partial charge is 0.308 e. The quantitative estimate of drug-likeness (QED) is 0.109. The predicted molar refractivity (Wildman–Crippen MR) is 256 cm³/mol. The zero-order chi connectivity index (χ0) is 47.2. The van der Waals surface area contributed by atoms with Crippen LogP contribution in [0.15, 0.2) is 77.2 Å². The van der Waals surface area contributed by atoms with E-state index in [-0.39, 0.29) is 42.4 Å². The van der Waals surface area contributed by atoms with Crippen molar-refractivity contribution in [3.8, 4) is 26.6 Å². The first kappa shape index (κ1) is 46.5. The number of aromatic nitrogens is 4. The van der Waals surface area contributed by atoms with E-state index in [1.807, 2.05) is 93.2 Å². The highest BCUT2D eigenvalue weighted by molar-refractivity contribution is 7.15. The molecular formula is C49H51ClN8O6S2. The van der Waals surface area contributed by atoms with Crippen LogP contribution < -0.4 is 10.6 Å². The standard InChI is InChI=1S/C49H51ClN8O6S2/c1-25-27(3)66-48-40(25)41(53-37(21-39(60)64-8)44-56-55-28(4)58(44)48)31-15-13-30(14-16-31)33-17-18-35(36(50)19-33)45(61)54-43(49(5,6)7)47(63)57-23-34(59)20-38(57)46(62)51-22-29-9-11-32(12-10-29)42-26(2)52-24-65-42/h9-19,24,34,37-38,43,59H,20-23H2,1-8H3,(H,51,62)(H,54,61)/t34-,37+,38+,43?/m1/s1. The van der Waals surface area contributed by atoms with Crippen molar-refractivity contribution < 1.29 is 29.0 Å². The van der Waals surface area contributed by atoms with Crippen LogP contribution in [0.1, 0.15) is 94.5 Å². The topological polar surface area (TPSA) is 181 Å². The Balaban J connectivity index is 0.976. The molecule has 4 atom stereocenters. The summed E-state index contributed by atoms with van der Waals surface area (Å²) < 4.78 is 7.01. The lowest BCUT2D eigenvalue weighted by Crippen LogP contribution is -2.57. The number of carbonyl (C=O) groups is 4. The number of esters is 1. The Morgan fingerprint density at radius 2 is 1.62 bits per heavy atom. The van der Waals surface area contributed by atoms with Gasteiger partial charge in [0.2, 0.25) is 11.8 Å². The maximum absolute atomic E-state index is 14.3. The molecule has 342 valence electrons. The Bertz CT molecular complexity index is 2880. The maximum atomic E-state index is 14.3. The second-order valence-electron chi connectivity index (χ2n) is 17.8. The number of aliphatic imine (C=N–C) groups is 1. The molecule has 1 saturated heterocycles. The molecule has 3 aromatic heterocycles. The molecule has 0 radical (unpaired) electrons. The van der Waals surface area contributed by atoms with Gasteiger partial charge in [0.15, 0.2) is 5.82 Å². The fourth-order valence-corrected chi connectivity index (χ4v) is 10.7. The van der Waals surface area contributed by atoms with E-state index < -0.39 is 47.4 Å². The number of hydrogen-bond acceptors (Lipinski definition) is 12. The predicted octanol–water partition coefficient (Wildman–Crippen LogP) is 7.88. The summed E-state index contributed by atoms with van der Waals surface area (Å²) in [6.45, 7) is 13.7. The average molecular weight is 948 g/mol. The van der Waals surface area contributed by atoms with Gasteiger partial charge in [-0.15, -0.1) is 32.9 Å². The monoisotopic (exact) mass is 946 g/mol. The summed E-state index contributed by atoms with van der Waals surface area (Å²) in [5, 5.41) is 26.5. The number of hydrogen-bond donors (Lipinski definition) is 3. The number of rotatable bonds is 11. The number of thiazole rings is 1. The molecule has 8 rings (SSSR count). The van der Waals surface area contributed by atoms with Crippen LogP contribution in [-0.4, -0.2) is 91.0 Å². The minimum absolute atomic E-state index is 0.00307. The summed E-state index contributed by atoms with van der Waals surface area (Å²) in [7, 11) is 1.35. The van der Waals surface area contributed by atoms with E-state index in [9.17, 15) is 24.3 Å². The first-order valence-corrected chi connectivity index (χ1v) is 23.6. The number of methoxy groups -OCH3 is 1. The molecule has 2 aliphatic heterocycles. The molecule has 17 heteroatoms. The van der Waals surface area contributed by atoms with Gasteiger partial charge in [0, 0.05) is 35.5 Å². The van der Waals surface area contributed by atoms with Gasteiger partial charge in [0.1, 0.15) is 29.0 Å². The first-order valence-electron chi connectivity index (χ1n) is 21.6. The maximum Gasteiger partial charge on any atom is 0.308 e. The minimum atomic E-state index is -1.05. The van der Waals surface area contributed by atoms with Crippen LogP contribution in [0.3, 0.4) is 0 Å². The molecule has 0 bridgehead atoms. The van der Waals surface area contributed by atoms with Gasteiger partial charge in [-0.3, -0.25) is 28.7 Å². The number of ether oxygens (including phenoxy) is 1. The highest BCUT2D eigenvalue weighted by Gasteiger charge is 2.45. The Hall–Kier alpha value is -6.07. The number of fused-ring (bicyclic) bond motifs is 3. The van der Waals surface area contributed by atoms with Gasteiger partial charge in [0.05, 0.1) is 52.0 Å². The van der Waals surface area contributed by atoms with Crippen LogP contribution in [-0.2, 0) is 25.7 Å². The summed E-state index contributed by atoms with van der Waals surface area (Å²) in [6.07, 6.45) is -0.838. The Morgan fingerprint density at radius 1 is 0.939 bits per heavy atom. The van der Waals surface area contributed by atoms with Crippen molar-refractivity contribution in [2.24, 2.45) is 10.4 Å². The number of aliphatic hydroxyl groups is 1. The van der Waals surface area contributed by atoms with Crippen molar-refractivity contribution in [3.05, 3.63) is 127 Å². The van der Waals surface area contributed by atoms with Crippen LogP contribution >= 0.6 is 34.3 Å². The summed E-state index contributed by atoms with van der Waals surface area (Å²) in [5.74, 6) is -0.558. The van der Waals surface area contributed by atoms with Gasteiger partial charge >= 0.3 is 5.97 Å². The van der Waals surface area contributed by atoms with Gasteiger partial charge < -0.3 is 25.4 Å². The molecule has 14 nitrogen and oxygen atoms in total. The molecule has 1 fully saturated rings. The molecule has 5 heterocycles. The van der Waals surface area contributed by atoms with Crippen LogP contribution in [0, 0.1) is 33.1 Å². The number of benzene rings is 3. The molecule has 6 aromatic rings. The highest BCUT2D eigenvalue weighted by atomic mass is 35.5. The van der Waals surface area contributed by atoms with E-state index in [1.54, 1.807) is 40.9 Å².